The van der Waals surface area contributed by atoms with Crippen molar-refractivity contribution in [1.82, 2.24) is 0 Å². The number of rotatable bonds is 2. The van der Waals surface area contributed by atoms with Crippen molar-refractivity contribution in [2.45, 2.75) is 13.8 Å². The molecule has 0 N–H and O–H groups in total. The van der Waals surface area contributed by atoms with E-state index in [0.29, 0.717) is 11.3 Å². The van der Waals surface area contributed by atoms with Crippen molar-refractivity contribution in [3.63, 3.8) is 0 Å². The van der Waals surface area contributed by atoms with E-state index in [1.54, 1.807) is 14.2 Å². The molecule has 0 radical (unpaired) electrons. The fourth-order valence-electron chi connectivity index (χ4n) is 1.46. The van der Waals surface area contributed by atoms with Crippen LogP contribution in [-0.2, 0) is 0 Å². The Morgan fingerprint density at radius 2 is 1.86 bits per heavy atom. The van der Waals surface area contributed by atoms with Crippen LogP contribution in [0.2, 0.25) is 0 Å². The van der Waals surface area contributed by atoms with E-state index in [-0.39, 0.29) is 0 Å². The summed E-state index contributed by atoms with van der Waals surface area (Å²) in [5, 5.41) is 8.95. The van der Waals surface area contributed by atoms with Crippen LogP contribution in [0.15, 0.2) is 6.07 Å². The van der Waals surface area contributed by atoms with Gasteiger partial charge in [-0.1, -0.05) is 0 Å². The largest absolute Gasteiger partial charge is 0.496 e. The lowest BCUT2D eigenvalue weighted by Gasteiger charge is -2.12. The molecule has 74 valence electrons. The zero-order chi connectivity index (χ0) is 10.7. The van der Waals surface area contributed by atoms with Crippen LogP contribution in [0.3, 0.4) is 0 Å². The lowest BCUT2D eigenvalue weighted by atomic mass is 10.0. The lowest BCUT2D eigenvalue weighted by Crippen LogP contribution is -1.97. The molecule has 0 aromatic heterocycles. The highest BCUT2D eigenvalue weighted by molar-refractivity contribution is 5.58. The van der Waals surface area contributed by atoms with E-state index in [4.69, 9.17) is 14.7 Å². The quantitative estimate of drug-likeness (QED) is 0.719. The molecule has 14 heavy (non-hydrogen) atoms. The molecule has 0 spiro atoms. The molecule has 1 aromatic rings. The van der Waals surface area contributed by atoms with Crippen LogP contribution in [0, 0.1) is 25.2 Å². The first-order valence-corrected chi connectivity index (χ1v) is 4.28. The molecule has 0 unspecified atom stereocenters. The third-order valence-electron chi connectivity index (χ3n) is 2.22. The van der Waals surface area contributed by atoms with Crippen LogP contribution in [0.4, 0.5) is 0 Å². The summed E-state index contributed by atoms with van der Waals surface area (Å²) in [6.07, 6.45) is 0. The van der Waals surface area contributed by atoms with E-state index < -0.39 is 0 Å². The number of ether oxygens (including phenoxy) is 2. The van der Waals surface area contributed by atoms with E-state index >= 15 is 0 Å². The molecule has 0 saturated heterocycles. The molecule has 1 aromatic carbocycles. The maximum atomic E-state index is 8.95. The fourth-order valence-corrected chi connectivity index (χ4v) is 1.46. The van der Waals surface area contributed by atoms with Crippen LogP contribution in [-0.4, -0.2) is 14.2 Å². The maximum absolute atomic E-state index is 8.95. The molecule has 0 fully saturated rings. The molecular formula is C11H13NO2. The van der Waals surface area contributed by atoms with Crippen LogP contribution in [0.1, 0.15) is 16.7 Å². The molecule has 0 aliphatic carbocycles. The van der Waals surface area contributed by atoms with Gasteiger partial charge in [-0.3, -0.25) is 0 Å². The van der Waals surface area contributed by atoms with Crippen molar-refractivity contribution in [2.75, 3.05) is 14.2 Å². The topological polar surface area (TPSA) is 42.2 Å². The molecule has 3 nitrogen and oxygen atoms in total. The summed E-state index contributed by atoms with van der Waals surface area (Å²) in [4.78, 5) is 0. The standard InChI is InChI=1S/C11H13NO2/c1-7-5-10(13-3)8(2)11(14-4)9(7)6-12/h5H,1-4H3. The van der Waals surface area contributed by atoms with Gasteiger partial charge in [0.2, 0.25) is 0 Å². The van der Waals surface area contributed by atoms with Crippen molar-refractivity contribution >= 4 is 0 Å². The second-order valence-corrected chi connectivity index (χ2v) is 3.04. The summed E-state index contributed by atoms with van der Waals surface area (Å²) in [6.45, 7) is 3.74. The minimum Gasteiger partial charge on any atom is -0.496 e. The zero-order valence-corrected chi connectivity index (χ0v) is 8.84. The van der Waals surface area contributed by atoms with Gasteiger partial charge in [-0.15, -0.1) is 0 Å². The number of nitrogens with zero attached hydrogens (tertiary/aromatic N) is 1. The molecule has 0 amide bonds. The first-order valence-electron chi connectivity index (χ1n) is 4.28. The molecule has 3 heteroatoms. The predicted molar refractivity (Wildman–Crippen MR) is 53.7 cm³/mol. The number of nitriles is 1. The summed E-state index contributed by atoms with van der Waals surface area (Å²) in [7, 11) is 3.16. The van der Waals surface area contributed by atoms with E-state index in [1.807, 2.05) is 19.9 Å². The summed E-state index contributed by atoms with van der Waals surface area (Å²) in [5.41, 5.74) is 2.30. The first-order chi connectivity index (χ1) is 6.65. The first kappa shape index (κ1) is 10.4. The molecule has 0 aliphatic heterocycles. The Balaban J connectivity index is 3.50. The van der Waals surface area contributed by atoms with E-state index in [2.05, 4.69) is 6.07 Å². The van der Waals surface area contributed by atoms with Gasteiger partial charge in [-0.05, 0) is 25.5 Å². The highest BCUT2D eigenvalue weighted by Crippen LogP contribution is 2.33. The number of aryl methyl sites for hydroxylation is 1. The molecule has 1 rings (SSSR count). The van der Waals surface area contributed by atoms with Gasteiger partial charge in [0.1, 0.15) is 17.6 Å². The number of hydrogen-bond acceptors (Lipinski definition) is 3. The molecule has 0 heterocycles. The Morgan fingerprint density at radius 1 is 1.21 bits per heavy atom. The third-order valence-corrected chi connectivity index (χ3v) is 2.22. The van der Waals surface area contributed by atoms with Crippen molar-refractivity contribution in [3.8, 4) is 17.6 Å². The van der Waals surface area contributed by atoms with Gasteiger partial charge in [-0.2, -0.15) is 5.26 Å². The molecule has 0 atom stereocenters. The van der Waals surface area contributed by atoms with Crippen LogP contribution in [0.25, 0.3) is 0 Å². The Hall–Kier alpha value is -1.69. The molecule has 0 bridgehead atoms. The van der Waals surface area contributed by atoms with Gasteiger partial charge >= 0.3 is 0 Å². The Kier molecular flexibility index (Phi) is 2.98. The van der Waals surface area contributed by atoms with Gasteiger partial charge in [0.15, 0.2) is 0 Å². The predicted octanol–water partition coefficient (Wildman–Crippen LogP) is 2.19. The van der Waals surface area contributed by atoms with Gasteiger partial charge in [0.05, 0.1) is 19.8 Å². The van der Waals surface area contributed by atoms with Crippen molar-refractivity contribution < 1.29 is 9.47 Å². The Morgan fingerprint density at radius 3 is 2.29 bits per heavy atom. The average molecular weight is 191 g/mol. The highest BCUT2D eigenvalue weighted by Gasteiger charge is 2.13. The monoisotopic (exact) mass is 191 g/mol. The summed E-state index contributed by atoms with van der Waals surface area (Å²) in [6, 6.07) is 3.97. The second-order valence-electron chi connectivity index (χ2n) is 3.04. The van der Waals surface area contributed by atoms with E-state index in [0.717, 1.165) is 16.9 Å². The van der Waals surface area contributed by atoms with Crippen molar-refractivity contribution in [1.29, 1.82) is 5.26 Å². The normalized spacial score (nSPS) is 9.36. The summed E-state index contributed by atoms with van der Waals surface area (Å²) < 4.78 is 10.4. The van der Waals surface area contributed by atoms with Crippen molar-refractivity contribution in [3.05, 3.63) is 22.8 Å². The minimum absolute atomic E-state index is 0.575. The minimum atomic E-state index is 0.575. The number of methoxy groups -OCH3 is 2. The van der Waals surface area contributed by atoms with Gasteiger partial charge < -0.3 is 9.47 Å². The summed E-state index contributed by atoms with van der Waals surface area (Å²) in [5.74, 6) is 1.35. The van der Waals surface area contributed by atoms with E-state index in [1.165, 1.54) is 0 Å². The zero-order valence-electron chi connectivity index (χ0n) is 8.84. The number of hydrogen-bond donors (Lipinski definition) is 0. The SMILES string of the molecule is COc1cc(C)c(C#N)c(OC)c1C. The van der Waals surface area contributed by atoms with E-state index in [9.17, 15) is 0 Å². The van der Waals surface area contributed by atoms with Crippen LogP contribution >= 0.6 is 0 Å². The number of benzene rings is 1. The lowest BCUT2D eigenvalue weighted by molar-refractivity contribution is 0.387. The average Bonchev–Trinajstić information content (AvgIpc) is 2.20. The molecular weight excluding hydrogens is 178 g/mol. The van der Waals surface area contributed by atoms with Crippen molar-refractivity contribution in [2.24, 2.45) is 0 Å². The third kappa shape index (κ3) is 1.51. The van der Waals surface area contributed by atoms with Crippen LogP contribution < -0.4 is 9.47 Å². The second kappa shape index (κ2) is 4.01. The van der Waals surface area contributed by atoms with Crippen LogP contribution in [0.5, 0.6) is 11.5 Å². The smallest absolute Gasteiger partial charge is 0.143 e. The van der Waals surface area contributed by atoms with Gasteiger partial charge in [0.25, 0.3) is 0 Å². The maximum Gasteiger partial charge on any atom is 0.143 e. The molecule has 0 saturated carbocycles. The Labute approximate surface area is 83.9 Å². The highest BCUT2D eigenvalue weighted by atomic mass is 16.5. The Bertz CT molecular complexity index is 391. The fraction of sp³-hybridized carbons (Fsp3) is 0.364. The van der Waals surface area contributed by atoms with Gasteiger partial charge in [-0.25, -0.2) is 0 Å². The molecule has 0 aliphatic rings. The van der Waals surface area contributed by atoms with Gasteiger partial charge in [0, 0.05) is 5.56 Å². The summed E-state index contributed by atoms with van der Waals surface area (Å²) >= 11 is 0.